The topological polar surface area (TPSA) is 87.2 Å². The smallest absolute Gasteiger partial charge is 0.261 e. The fourth-order valence-electron chi connectivity index (χ4n) is 3.94. The fourth-order valence-corrected chi connectivity index (χ4v) is 3.94. The lowest BCUT2D eigenvalue weighted by molar-refractivity contribution is -0.139. The van der Waals surface area contributed by atoms with Crippen LogP contribution in [0.3, 0.4) is 0 Å². The number of fused-ring (bicyclic) bond motifs is 1. The van der Waals surface area contributed by atoms with E-state index in [-0.39, 0.29) is 43.0 Å². The average Bonchev–Trinajstić information content (AvgIpc) is 3.08. The zero-order valence-electron chi connectivity index (χ0n) is 17.7. The van der Waals surface area contributed by atoms with Crippen LogP contribution >= 0.6 is 0 Å². The van der Waals surface area contributed by atoms with E-state index < -0.39 is 0 Å². The highest BCUT2D eigenvalue weighted by Crippen LogP contribution is 2.22. The molecule has 1 saturated heterocycles. The Balaban J connectivity index is 1.19. The van der Waals surface area contributed by atoms with Gasteiger partial charge in [-0.25, -0.2) is 0 Å². The molecule has 0 atom stereocenters. The van der Waals surface area contributed by atoms with Gasteiger partial charge in [-0.1, -0.05) is 30.3 Å². The Morgan fingerprint density at radius 2 is 1.22 bits per heavy atom. The van der Waals surface area contributed by atoms with Crippen LogP contribution in [-0.2, 0) is 9.59 Å². The Kier molecular flexibility index (Phi) is 6.49. The summed E-state index contributed by atoms with van der Waals surface area (Å²) in [6, 6.07) is 16.0. The summed E-state index contributed by atoms with van der Waals surface area (Å²) in [5.41, 5.74) is 0.765. The molecule has 0 aromatic heterocycles. The van der Waals surface area contributed by atoms with E-state index in [0.29, 0.717) is 43.9 Å². The minimum Gasteiger partial charge on any atom is -0.493 e. The number of carbonyl (C=O) groups excluding carboxylic acids is 4. The second kappa shape index (κ2) is 9.64. The molecule has 32 heavy (non-hydrogen) atoms. The van der Waals surface area contributed by atoms with Crippen LogP contribution < -0.4 is 4.74 Å². The van der Waals surface area contributed by atoms with Crippen LogP contribution in [0.1, 0.15) is 33.6 Å². The third-order valence-electron chi connectivity index (χ3n) is 5.74. The van der Waals surface area contributed by atoms with Gasteiger partial charge in [0.1, 0.15) is 5.75 Å². The van der Waals surface area contributed by atoms with Crippen LogP contribution in [0, 0.1) is 0 Å². The van der Waals surface area contributed by atoms with Crippen molar-refractivity contribution in [1.82, 2.24) is 14.7 Å². The van der Waals surface area contributed by atoms with Crippen LogP contribution in [0.15, 0.2) is 54.6 Å². The molecule has 2 heterocycles. The fraction of sp³-hybridized carbons (Fsp3) is 0.333. The molecule has 0 N–H and O–H groups in total. The van der Waals surface area contributed by atoms with Gasteiger partial charge >= 0.3 is 0 Å². The maximum atomic E-state index is 12.6. The Morgan fingerprint density at radius 3 is 1.78 bits per heavy atom. The van der Waals surface area contributed by atoms with E-state index in [1.54, 1.807) is 34.1 Å². The van der Waals surface area contributed by atoms with Gasteiger partial charge in [0.2, 0.25) is 11.8 Å². The Labute approximate surface area is 186 Å². The van der Waals surface area contributed by atoms with Crippen molar-refractivity contribution in [1.29, 1.82) is 0 Å². The van der Waals surface area contributed by atoms with E-state index in [0.717, 1.165) is 10.6 Å². The quantitative estimate of drug-likeness (QED) is 0.619. The predicted octanol–water partition coefficient (Wildman–Crippen LogP) is 1.81. The van der Waals surface area contributed by atoms with Crippen LogP contribution in [0.4, 0.5) is 0 Å². The molecular formula is C24H25N3O5. The minimum absolute atomic E-state index is 0.000875. The first-order valence-electron chi connectivity index (χ1n) is 10.7. The Bertz CT molecular complexity index is 980. The highest BCUT2D eigenvalue weighted by molar-refractivity contribution is 6.21. The van der Waals surface area contributed by atoms with Crippen molar-refractivity contribution in [3.63, 3.8) is 0 Å². The number of ether oxygens (including phenoxy) is 1. The van der Waals surface area contributed by atoms with Gasteiger partial charge in [0.05, 0.1) is 24.2 Å². The SMILES string of the molecule is O=C(CCOc1ccccc1)N1CCN(C(=O)CCN2C(=O)c3ccccc3C2=O)CC1. The van der Waals surface area contributed by atoms with E-state index in [1.165, 1.54) is 0 Å². The number of imide groups is 1. The Hall–Kier alpha value is -3.68. The van der Waals surface area contributed by atoms with Gasteiger partial charge in [-0.2, -0.15) is 0 Å². The summed E-state index contributed by atoms with van der Waals surface area (Å²) in [7, 11) is 0. The number of amides is 4. The molecule has 0 spiro atoms. The van der Waals surface area contributed by atoms with Gasteiger partial charge < -0.3 is 14.5 Å². The summed E-state index contributed by atoms with van der Waals surface area (Å²) >= 11 is 0. The monoisotopic (exact) mass is 435 g/mol. The van der Waals surface area contributed by atoms with Crippen LogP contribution in [0.25, 0.3) is 0 Å². The van der Waals surface area contributed by atoms with E-state index >= 15 is 0 Å². The van der Waals surface area contributed by atoms with Crippen molar-refractivity contribution in [2.75, 3.05) is 39.3 Å². The molecule has 0 radical (unpaired) electrons. The van der Waals surface area contributed by atoms with Crippen LogP contribution in [-0.4, -0.2) is 77.7 Å². The third-order valence-corrected chi connectivity index (χ3v) is 5.74. The first-order chi connectivity index (χ1) is 15.5. The molecule has 4 amide bonds. The van der Waals surface area contributed by atoms with Gasteiger partial charge in [0.25, 0.3) is 11.8 Å². The van der Waals surface area contributed by atoms with Crippen molar-refractivity contribution in [2.45, 2.75) is 12.8 Å². The maximum Gasteiger partial charge on any atom is 0.261 e. The van der Waals surface area contributed by atoms with Gasteiger partial charge in [0.15, 0.2) is 0 Å². The number of benzene rings is 2. The molecule has 166 valence electrons. The average molecular weight is 435 g/mol. The summed E-state index contributed by atoms with van der Waals surface area (Å²) in [5, 5.41) is 0. The van der Waals surface area contributed by atoms with Crippen molar-refractivity contribution in [3.8, 4) is 5.75 Å². The van der Waals surface area contributed by atoms with Gasteiger partial charge in [-0.05, 0) is 24.3 Å². The van der Waals surface area contributed by atoms with E-state index in [4.69, 9.17) is 4.74 Å². The molecule has 0 aliphatic carbocycles. The third kappa shape index (κ3) is 4.64. The van der Waals surface area contributed by atoms with Gasteiger partial charge in [-0.15, -0.1) is 0 Å². The number of rotatable bonds is 7. The lowest BCUT2D eigenvalue weighted by Gasteiger charge is -2.35. The van der Waals surface area contributed by atoms with Gasteiger partial charge in [-0.3, -0.25) is 24.1 Å². The molecule has 1 fully saturated rings. The van der Waals surface area contributed by atoms with Crippen LogP contribution in [0.2, 0.25) is 0 Å². The summed E-state index contributed by atoms with van der Waals surface area (Å²) in [6.45, 7) is 2.16. The van der Waals surface area contributed by atoms with Crippen LogP contribution in [0.5, 0.6) is 5.75 Å². The highest BCUT2D eigenvalue weighted by atomic mass is 16.5. The molecule has 8 nitrogen and oxygen atoms in total. The number of nitrogens with zero attached hydrogens (tertiary/aromatic N) is 3. The number of para-hydroxylation sites is 1. The first kappa shape index (κ1) is 21.5. The lowest BCUT2D eigenvalue weighted by Crippen LogP contribution is -2.51. The van der Waals surface area contributed by atoms with E-state index in [9.17, 15) is 19.2 Å². The predicted molar refractivity (Wildman–Crippen MR) is 116 cm³/mol. The first-order valence-corrected chi connectivity index (χ1v) is 10.7. The van der Waals surface area contributed by atoms with Crippen molar-refractivity contribution < 1.29 is 23.9 Å². The van der Waals surface area contributed by atoms with E-state index in [1.807, 2.05) is 30.3 Å². The van der Waals surface area contributed by atoms with Crippen molar-refractivity contribution in [3.05, 3.63) is 65.7 Å². The normalized spacial score (nSPS) is 15.7. The molecule has 0 unspecified atom stereocenters. The number of carbonyl (C=O) groups is 4. The molecule has 0 saturated carbocycles. The molecule has 8 heteroatoms. The van der Waals surface area contributed by atoms with Crippen molar-refractivity contribution >= 4 is 23.6 Å². The summed E-state index contributed by atoms with van der Waals surface area (Å²) in [6.07, 6.45) is 0.354. The Morgan fingerprint density at radius 1 is 0.719 bits per heavy atom. The molecule has 4 rings (SSSR count). The lowest BCUT2D eigenvalue weighted by atomic mass is 10.1. The number of hydrogen-bond acceptors (Lipinski definition) is 5. The maximum absolute atomic E-state index is 12.6. The summed E-state index contributed by atoms with van der Waals surface area (Å²) in [5.74, 6) is -0.105. The summed E-state index contributed by atoms with van der Waals surface area (Å²) < 4.78 is 5.58. The zero-order valence-corrected chi connectivity index (χ0v) is 17.7. The summed E-state index contributed by atoms with van der Waals surface area (Å²) in [4.78, 5) is 54.4. The molecule has 2 aliphatic rings. The minimum atomic E-state index is -0.355. The molecule has 2 aromatic rings. The van der Waals surface area contributed by atoms with E-state index in [2.05, 4.69) is 0 Å². The second-order valence-corrected chi connectivity index (χ2v) is 7.73. The number of piperazine rings is 1. The standard InChI is InChI=1S/C24H25N3O5/c28-21(10-12-27-23(30)19-8-4-5-9-20(19)24(27)31)25-13-15-26(16-14-25)22(29)11-17-32-18-6-2-1-3-7-18/h1-9H,10-17H2. The highest BCUT2D eigenvalue weighted by Gasteiger charge is 2.35. The largest absolute Gasteiger partial charge is 0.493 e. The molecular weight excluding hydrogens is 410 g/mol. The number of hydrogen-bond donors (Lipinski definition) is 0. The molecule has 2 aliphatic heterocycles. The van der Waals surface area contributed by atoms with Gasteiger partial charge in [0, 0.05) is 39.1 Å². The molecule has 2 aromatic carbocycles. The zero-order chi connectivity index (χ0) is 22.5. The van der Waals surface area contributed by atoms with Crippen molar-refractivity contribution in [2.24, 2.45) is 0 Å². The molecule has 0 bridgehead atoms. The second-order valence-electron chi connectivity index (χ2n) is 7.73.